The van der Waals surface area contributed by atoms with Gasteiger partial charge in [0.05, 0.1) is 0 Å². The highest BCUT2D eigenvalue weighted by atomic mass is 32.2. The minimum atomic E-state index is -3.98. The number of hydrogen-bond acceptors (Lipinski definition) is 4. The number of rotatable bonds is 6. The average molecular weight is 263 g/mol. The van der Waals surface area contributed by atoms with Crippen LogP contribution in [0.1, 0.15) is 33.1 Å². The van der Waals surface area contributed by atoms with Crippen LogP contribution in [0.3, 0.4) is 0 Å². The van der Waals surface area contributed by atoms with Crippen LogP contribution in [-0.4, -0.2) is 41.9 Å². The molecule has 0 radical (unpaired) electrons. The Bertz CT molecular complexity index is 412. The number of amides is 1. The molecule has 1 fully saturated rings. The predicted octanol–water partition coefficient (Wildman–Crippen LogP) is -0.0685. The molecule has 0 aliphatic heterocycles. The number of carboxylic acids is 1. The molecule has 0 heterocycles. The third-order valence-electron chi connectivity index (χ3n) is 2.83. The molecule has 0 saturated heterocycles. The van der Waals surface area contributed by atoms with Crippen LogP contribution in [0.25, 0.3) is 0 Å². The molecule has 2 unspecified atom stereocenters. The van der Waals surface area contributed by atoms with Crippen molar-refractivity contribution in [3.63, 3.8) is 0 Å². The normalized spacial score (nSPS) is 19.4. The Morgan fingerprint density at radius 1 is 1.41 bits per heavy atom. The van der Waals surface area contributed by atoms with Crippen molar-refractivity contribution in [1.82, 2.24) is 5.32 Å². The first-order valence-electron chi connectivity index (χ1n) is 5.56. The van der Waals surface area contributed by atoms with E-state index < -0.39 is 32.2 Å². The van der Waals surface area contributed by atoms with Gasteiger partial charge in [-0.3, -0.25) is 9.59 Å². The number of aliphatic carboxylic acids is 1. The fraction of sp³-hybridized carbons (Fsp3) is 0.800. The average Bonchev–Trinajstić information content (AvgIpc) is 3.00. The maximum atomic E-state index is 11.9. The summed E-state index contributed by atoms with van der Waals surface area (Å²) in [6, 6.07) is 0.0602. The molecular weight excluding hydrogens is 246 g/mol. The molecule has 1 rings (SSSR count). The molecule has 17 heavy (non-hydrogen) atoms. The molecule has 0 aromatic carbocycles. The predicted molar refractivity (Wildman–Crippen MR) is 61.3 cm³/mol. The van der Waals surface area contributed by atoms with Crippen LogP contribution < -0.4 is 5.32 Å². The van der Waals surface area contributed by atoms with Crippen LogP contribution >= 0.6 is 0 Å². The lowest BCUT2D eigenvalue weighted by molar-refractivity contribution is -0.136. The lowest BCUT2D eigenvalue weighted by atomic mass is 10.3. The van der Waals surface area contributed by atoms with Crippen LogP contribution in [-0.2, 0) is 19.4 Å². The second-order valence-corrected chi connectivity index (χ2v) is 6.70. The second kappa shape index (κ2) is 5.03. The van der Waals surface area contributed by atoms with Gasteiger partial charge < -0.3 is 10.4 Å². The Hall–Kier alpha value is -1.11. The first kappa shape index (κ1) is 14.0. The van der Waals surface area contributed by atoms with E-state index in [1.165, 1.54) is 13.8 Å². The fourth-order valence-corrected chi connectivity index (χ4v) is 3.09. The van der Waals surface area contributed by atoms with E-state index in [-0.39, 0.29) is 12.5 Å². The van der Waals surface area contributed by atoms with Crippen LogP contribution in [0, 0.1) is 0 Å². The van der Waals surface area contributed by atoms with Gasteiger partial charge >= 0.3 is 5.97 Å². The van der Waals surface area contributed by atoms with E-state index in [9.17, 15) is 18.0 Å². The van der Waals surface area contributed by atoms with Crippen molar-refractivity contribution in [3.8, 4) is 0 Å². The first-order chi connectivity index (χ1) is 7.80. The van der Waals surface area contributed by atoms with Crippen molar-refractivity contribution in [2.24, 2.45) is 0 Å². The highest BCUT2D eigenvalue weighted by molar-refractivity contribution is 7.94. The lowest BCUT2D eigenvalue weighted by Crippen LogP contribution is -2.45. The topological polar surface area (TPSA) is 101 Å². The second-order valence-electron chi connectivity index (χ2n) is 4.25. The number of carbonyl (C=O) groups excluding carboxylic acids is 1. The Morgan fingerprint density at radius 2 is 1.94 bits per heavy atom. The zero-order valence-corrected chi connectivity index (χ0v) is 10.7. The third kappa shape index (κ3) is 3.18. The number of carboxylic acid groups (broad SMARTS) is 1. The summed E-state index contributed by atoms with van der Waals surface area (Å²) < 4.78 is 23.8. The van der Waals surface area contributed by atoms with Gasteiger partial charge in [-0.25, -0.2) is 8.42 Å². The smallest absolute Gasteiger partial charge is 0.321 e. The summed E-state index contributed by atoms with van der Waals surface area (Å²) in [5.41, 5.74) is 0. The molecule has 1 saturated carbocycles. The van der Waals surface area contributed by atoms with Gasteiger partial charge in [-0.2, -0.15) is 0 Å². The summed E-state index contributed by atoms with van der Waals surface area (Å²) in [5.74, 6) is -2.01. The summed E-state index contributed by atoms with van der Waals surface area (Å²) in [6.45, 7) is 2.71. The summed E-state index contributed by atoms with van der Waals surface area (Å²) in [6.07, 6.45) is 1.67. The number of hydrogen-bond donors (Lipinski definition) is 2. The standard InChI is InChI=1S/C10H17NO5S/c1-3-8(10(13)14)17(15,16)6(2)9(12)11-7-4-5-7/h6-8H,3-5H2,1-2H3,(H,11,12)(H,13,14). The number of carbonyl (C=O) groups is 2. The van der Waals surface area contributed by atoms with Gasteiger partial charge in [-0.05, 0) is 26.2 Å². The zero-order chi connectivity index (χ0) is 13.2. The van der Waals surface area contributed by atoms with Crippen LogP contribution in [0.2, 0.25) is 0 Å². The molecule has 2 N–H and O–H groups in total. The molecule has 1 aliphatic rings. The van der Waals surface area contributed by atoms with Gasteiger partial charge in [0.25, 0.3) is 0 Å². The maximum Gasteiger partial charge on any atom is 0.321 e. The van der Waals surface area contributed by atoms with E-state index in [0.29, 0.717) is 0 Å². The van der Waals surface area contributed by atoms with Gasteiger partial charge in [-0.15, -0.1) is 0 Å². The summed E-state index contributed by atoms with van der Waals surface area (Å²) in [5, 5.41) is 8.56. The van der Waals surface area contributed by atoms with Crippen LogP contribution in [0.5, 0.6) is 0 Å². The van der Waals surface area contributed by atoms with Gasteiger partial charge in [0.1, 0.15) is 5.25 Å². The zero-order valence-electron chi connectivity index (χ0n) is 9.84. The molecule has 0 spiro atoms. The lowest BCUT2D eigenvalue weighted by Gasteiger charge is -2.17. The van der Waals surface area contributed by atoms with Gasteiger partial charge in [0.15, 0.2) is 15.1 Å². The summed E-state index contributed by atoms with van der Waals surface area (Å²) in [4.78, 5) is 22.4. The molecule has 0 aromatic heterocycles. The Morgan fingerprint density at radius 3 is 2.29 bits per heavy atom. The van der Waals surface area contributed by atoms with Crippen molar-refractivity contribution >= 4 is 21.7 Å². The van der Waals surface area contributed by atoms with E-state index in [1.54, 1.807) is 0 Å². The molecule has 0 aromatic rings. The quantitative estimate of drug-likeness (QED) is 0.698. The Kier molecular flexibility index (Phi) is 4.13. The van der Waals surface area contributed by atoms with Crippen molar-refractivity contribution in [2.45, 2.75) is 49.7 Å². The van der Waals surface area contributed by atoms with Crippen LogP contribution in [0.15, 0.2) is 0 Å². The Balaban J connectivity index is 2.79. The van der Waals surface area contributed by atoms with E-state index in [1.807, 2.05) is 0 Å². The maximum absolute atomic E-state index is 11.9. The van der Waals surface area contributed by atoms with Gasteiger partial charge in [0, 0.05) is 6.04 Å². The SMILES string of the molecule is CCC(C(=O)O)S(=O)(=O)C(C)C(=O)NC1CC1. The molecule has 6 nitrogen and oxygen atoms in total. The first-order valence-corrected chi connectivity index (χ1v) is 7.17. The minimum Gasteiger partial charge on any atom is -0.480 e. The molecule has 1 amide bonds. The van der Waals surface area contributed by atoms with Gasteiger partial charge in [0.2, 0.25) is 5.91 Å². The van der Waals surface area contributed by atoms with E-state index in [0.717, 1.165) is 12.8 Å². The molecule has 2 atom stereocenters. The molecule has 1 aliphatic carbocycles. The third-order valence-corrected chi connectivity index (χ3v) is 5.36. The van der Waals surface area contributed by atoms with E-state index in [4.69, 9.17) is 5.11 Å². The summed E-state index contributed by atoms with van der Waals surface area (Å²) in [7, 11) is -3.98. The van der Waals surface area contributed by atoms with Gasteiger partial charge in [-0.1, -0.05) is 6.92 Å². The van der Waals surface area contributed by atoms with Crippen molar-refractivity contribution in [1.29, 1.82) is 0 Å². The highest BCUT2D eigenvalue weighted by Crippen LogP contribution is 2.20. The van der Waals surface area contributed by atoms with Crippen molar-refractivity contribution in [2.75, 3.05) is 0 Å². The van der Waals surface area contributed by atoms with Crippen LogP contribution in [0.4, 0.5) is 0 Å². The monoisotopic (exact) mass is 263 g/mol. The molecule has 7 heteroatoms. The fourth-order valence-electron chi connectivity index (χ4n) is 1.49. The number of sulfone groups is 1. The van der Waals surface area contributed by atoms with Crippen molar-refractivity contribution in [3.05, 3.63) is 0 Å². The highest BCUT2D eigenvalue weighted by Gasteiger charge is 2.40. The van der Waals surface area contributed by atoms with Crippen molar-refractivity contribution < 1.29 is 23.1 Å². The largest absolute Gasteiger partial charge is 0.480 e. The molecule has 98 valence electrons. The Labute approximate surface area is 100 Å². The molecule has 0 bridgehead atoms. The summed E-state index contributed by atoms with van der Waals surface area (Å²) >= 11 is 0. The van der Waals surface area contributed by atoms with E-state index >= 15 is 0 Å². The number of nitrogens with one attached hydrogen (secondary N) is 1. The molecular formula is C10H17NO5S. The van der Waals surface area contributed by atoms with E-state index in [2.05, 4.69) is 5.32 Å². The minimum absolute atomic E-state index is 0.0429.